The number of benzene rings is 2. The summed E-state index contributed by atoms with van der Waals surface area (Å²) < 4.78 is 1.02. The fourth-order valence-corrected chi connectivity index (χ4v) is 4.98. The van der Waals surface area contributed by atoms with Crippen LogP contribution in [0.5, 0.6) is 0 Å². The fraction of sp³-hybridized carbons (Fsp3) is 0.200. The highest BCUT2D eigenvalue weighted by molar-refractivity contribution is 7.22. The van der Waals surface area contributed by atoms with E-state index in [1.54, 1.807) is 4.90 Å². The zero-order chi connectivity index (χ0) is 22.2. The van der Waals surface area contributed by atoms with Gasteiger partial charge in [-0.1, -0.05) is 53.8 Å². The molecule has 1 aliphatic heterocycles. The third kappa shape index (κ3) is 3.76. The summed E-state index contributed by atoms with van der Waals surface area (Å²) in [6.07, 6.45) is 0.165. The standard InChI is InChI=1S/C25H22N4O2S/c1-15-16(2)26-22(13-19(15)17-8-4-3-5-9-17)28-24(31)18-12-23(30)29(14-18)25-27-20-10-6-7-11-21(20)32-25/h3-11,13,18H,12,14H2,1-2H3,(H,26,28,31). The zero-order valence-electron chi connectivity index (χ0n) is 17.8. The quantitative estimate of drug-likeness (QED) is 0.484. The molecule has 5 rings (SSSR count). The van der Waals surface area contributed by atoms with E-state index in [2.05, 4.69) is 15.3 Å². The van der Waals surface area contributed by atoms with Crippen LogP contribution >= 0.6 is 11.3 Å². The van der Waals surface area contributed by atoms with Crippen LogP contribution in [0.1, 0.15) is 17.7 Å². The van der Waals surface area contributed by atoms with Gasteiger partial charge in [0.05, 0.1) is 16.1 Å². The van der Waals surface area contributed by atoms with Gasteiger partial charge in [-0.15, -0.1) is 0 Å². The molecule has 0 aliphatic carbocycles. The number of thiazole rings is 1. The molecule has 160 valence electrons. The Bertz CT molecular complexity index is 1300. The molecule has 0 bridgehead atoms. The Morgan fingerprint density at radius 3 is 2.59 bits per heavy atom. The highest BCUT2D eigenvalue weighted by Crippen LogP contribution is 2.33. The van der Waals surface area contributed by atoms with E-state index in [1.165, 1.54) is 11.3 Å². The Morgan fingerprint density at radius 1 is 1.06 bits per heavy atom. The minimum Gasteiger partial charge on any atom is -0.310 e. The first kappa shape index (κ1) is 20.3. The second-order valence-electron chi connectivity index (χ2n) is 7.99. The van der Waals surface area contributed by atoms with E-state index < -0.39 is 5.92 Å². The summed E-state index contributed by atoms with van der Waals surface area (Å²) in [4.78, 5) is 36.4. The third-order valence-electron chi connectivity index (χ3n) is 5.86. The minimum atomic E-state index is -0.446. The van der Waals surface area contributed by atoms with Crippen molar-refractivity contribution in [1.82, 2.24) is 9.97 Å². The van der Waals surface area contributed by atoms with Gasteiger partial charge in [-0.25, -0.2) is 9.97 Å². The number of pyridine rings is 1. The average Bonchev–Trinajstić information content (AvgIpc) is 3.40. The molecule has 1 fully saturated rings. The number of anilines is 2. The first-order valence-corrected chi connectivity index (χ1v) is 11.3. The van der Waals surface area contributed by atoms with Gasteiger partial charge in [0.15, 0.2) is 5.13 Å². The molecule has 32 heavy (non-hydrogen) atoms. The second-order valence-corrected chi connectivity index (χ2v) is 9.00. The number of carbonyl (C=O) groups excluding carboxylic acids is 2. The minimum absolute atomic E-state index is 0.0813. The number of hydrogen-bond acceptors (Lipinski definition) is 5. The number of nitrogens with zero attached hydrogens (tertiary/aromatic N) is 3. The third-order valence-corrected chi connectivity index (χ3v) is 6.92. The molecule has 1 unspecified atom stereocenters. The molecule has 1 aliphatic rings. The summed E-state index contributed by atoms with van der Waals surface area (Å²) in [7, 11) is 0. The fourth-order valence-electron chi connectivity index (χ4n) is 3.99. The number of nitrogens with one attached hydrogen (secondary N) is 1. The lowest BCUT2D eigenvalue weighted by Crippen LogP contribution is -2.28. The van der Waals surface area contributed by atoms with E-state index in [1.807, 2.05) is 74.5 Å². The van der Waals surface area contributed by atoms with Crippen molar-refractivity contribution in [3.63, 3.8) is 0 Å². The highest BCUT2D eigenvalue weighted by atomic mass is 32.1. The van der Waals surface area contributed by atoms with E-state index in [9.17, 15) is 9.59 Å². The molecule has 6 nitrogen and oxygen atoms in total. The molecule has 0 radical (unpaired) electrons. The van der Waals surface area contributed by atoms with Crippen molar-refractivity contribution in [3.05, 3.63) is 71.9 Å². The number of fused-ring (bicyclic) bond motifs is 1. The van der Waals surface area contributed by atoms with Gasteiger partial charge in [-0.05, 0) is 48.7 Å². The SMILES string of the molecule is Cc1nc(NC(=O)C2CC(=O)N(c3nc4ccccc4s3)C2)cc(-c2ccccc2)c1C. The van der Waals surface area contributed by atoms with Gasteiger partial charge in [0, 0.05) is 18.7 Å². The number of hydrogen-bond donors (Lipinski definition) is 1. The lowest BCUT2D eigenvalue weighted by molar-refractivity contribution is -0.122. The van der Waals surface area contributed by atoms with Gasteiger partial charge in [0.25, 0.3) is 0 Å². The summed E-state index contributed by atoms with van der Waals surface area (Å²) in [6.45, 7) is 4.29. The molecule has 2 amide bonds. The topological polar surface area (TPSA) is 75.2 Å². The first-order chi connectivity index (χ1) is 15.5. The zero-order valence-corrected chi connectivity index (χ0v) is 18.6. The van der Waals surface area contributed by atoms with Crippen LogP contribution in [0.25, 0.3) is 21.3 Å². The average molecular weight is 443 g/mol. The van der Waals surface area contributed by atoms with Gasteiger partial charge < -0.3 is 5.32 Å². The second kappa shape index (κ2) is 8.16. The van der Waals surface area contributed by atoms with E-state index >= 15 is 0 Å². The van der Waals surface area contributed by atoms with Crippen molar-refractivity contribution in [2.45, 2.75) is 20.3 Å². The van der Waals surface area contributed by atoms with E-state index in [4.69, 9.17) is 0 Å². The van der Waals surface area contributed by atoms with E-state index in [0.29, 0.717) is 17.5 Å². The Hall–Kier alpha value is -3.58. The predicted octanol–water partition coefficient (Wildman–Crippen LogP) is 4.97. The van der Waals surface area contributed by atoms with Crippen molar-refractivity contribution >= 4 is 44.3 Å². The molecule has 1 N–H and O–H groups in total. The summed E-state index contributed by atoms with van der Waals surface area (Å²) >= 11 is 1.47. The Balaban J connectivity index is 1.35. The van der Waals surface area contributed by atoms with Crippen LogP contribution in [0.2, 0.25) is 0 Å². The van der Waals surface area contributed by atoms with Gasteiger partial charge >= 0.3 is 0 Å². The van der Waals surface area contributed by atoms with Crippen molar-refractivity contribution in [2.75, 3.05) is 16.8 Å². The van der Waals surface area contributed by atoms with E-state index in [-0.39, 0.29) is 18.2 Å². The number of aromatic nitrogens is 2. The molecular formula is C25H22N4O2S. The van der Waals surface area contributed by atoms with Crippen molar-refractivity contribution < 1.29 is 9.59 Å². The Kier molecular flexibility index (Phi) is 5.19. The summed E-state index contributed by atoms with van der Waals surface area (Å²) in [5.74, 6) is -0.222. The molecule has 1 atom stereocenters. The number of aryl methyl sites for hydroxylation is 1. The molecule has 2 aromatic carbocycles. The highest BCUT2D eigenvalue weighted by Gasteiger charge is 2.36. The number of rotatable bonds is 4. The van der Waals surface area contributed by atoms with Crippen LogP contribution in [0, 0.1) is 19.8 Å². The molecular weight excluding hydrogens is 420 g/mol. The lowest BCUT2D eigenvalue weighted by atomic mass is 10.00. The molecule has 0 spiro atoms. The summed E-state index contributed by atoms with van der Waals surface area (Å²) in [5.41, 5.74) is 4.91. The number of carbonyl (C=O) groups is 2. The smallest absolute Gasteiger partial charge is 0.230 e. The number of amides is 2. The predicted molar refractivity (Wildman–Crippen MR) is 128 cm³/mol. The van der Waals surface area contributed by atoms with Gasteiger partial charge in [-0.3, -0.25) is 14.5 Å². The normalized spacial score (nSPS) is 16.0. The van der Waals surface area contributed by atoms with Crippen LogP contribution in [0.3, 0.4) is 0 Å². The van der Waals surface area contributed by atoms with Crippen LogP contribution in [-0.2, 0) is 9.59 Å². The molecule has 0 saturated carbocycles. The van der Waals surface area contributed by atoms with Gasteiger partial charge in [0.2, 0.25) is 11.8 Å². The first-order valence-electron chi connectivity index (χ1n) is 10.5. The Labute approximate surface area is 189 Å². The largest absolute Gasteiger partial charge is 0.310 e. The summed E-state index contributed by atoms with van der Waals surface area (Å²) in [6, 6.07) is 19.7. The monoisotopic (exact) mass is 442 g/mol. The van der Waals surface area contributed by atoms with Crippen molar-refractivity contribution in [2.24, 2.45) is 5.92 Å². The maximum absolute atomic E-state index is 13.0. The summed E-state index contributed by atoms with van der Waals surface area (Å²) in [5, 5.41) is 3.58. The maximum atomic E-state index is 13.0. The molecule has 3 heterocycles. The molecule has 1 saturated heterocycles. The van der Waals surface area contributed by atoms with Crippen LogP contribution < -0.4 is 10.2 Å². The van der Waals surface area contributed by atoms with Crippen LogP contribution in [0.4, 0.5) is 10.9 Å². The van der Waals surface area contributed by atoms with Crippen molar-refractivity contribution in [3.8, 4) is 11.1 Å². The lowest BCUT2D eigenvalue weighted by Gasteiger charge is -2.15. The molecule has 4 aromatic rings. The molecule has 2 aromatic heterocycles. The van der Waals surface area contributed by atoms with Gasteiger partial charge in [0.1, 0.15) is 5.82 Å². The number of para-hydroxylation sites is 1. The Morgan fingerprint density at radius 2 is 1.81 bits per heavy atom. The van der Waals surface area contributed by atoms with Crippen LogP contribution in [0.15, 0.2) is 60.7 Å². The molecule has 7 heteroatoms. The maximum Gasteiger partial charge on any atom is 0.230 e. The van der Waals surface area contributed by atoms with Crippen molar-refractivity contribution in [1.29, 1.82) is 0 Å². The van der Waals surface area contributed by atoms with Crippen LogP contribution in [-0.4, -0.2) is 28.3 Å². The van der Waals surface area contributed by atoms with Gasteiger partial charge in [-0.2, -0.15) is 0 Å². The van der Waals surface area contributed by atoms with E-state index in [0.717, 1.165) is 32.6 Å².